The average Bonchev–Trinajstić information content (AvgIpc) is 2.61. The first-order valence-corrected chi connectivity index (χ1v) is 8.29. The maximum absolute atomic E-state index is 12.9. The summed E-state index contributed by atoms with van der Waals surface area (Å²) in [7, 11) is 2.15. The zero-order valence-corrected chi connectivity index (χ0v) is 13.7. The summed E-state index contributed by atoms with van der Waals surface area (Å²) in [6, 6.07) is 0. The van der Waals surface area contributed by atoms with Gasteiger partial charge in [0.2, 0.25) is 11.8 Å². The molecule has 5 heteroatoms. The molecule has 21 heavy (non-hydrogen) atoms. The van der Waals surface area contributed by atoms with E-state index in [0.29, 0.717) is 31.7 Å². The van der Waals surface area contributed by atoms with Gasteiger partial charge in [-0.1, -0.05) is 13.8 Å². The number of hydrogen-bond acceptors (Lipinski definition) is 3. The van der Waals surface area contributed by atoms with E-state index in [2.05, 4.69) is 17.3 Å². The zero-order valence-electron chi connectivity index (χ0n) is 13.7. The molecular formula is C16H29N3O2. The van der Waals surface area contributed by atoms with Crippen LogP contribution in [0.2, 0.25) is 0 Å². The van der Waals surface area contributed by atoms with Crippen LogP contribution in [-0.4, -0.2) is 60.4 Å². The molecule has 120 valence electrons. The molecule has 2 fully saturated rings. The van der Waals surface area contributed by atoms with E-state index < -0.39 is 5.54 Å². The lowest BCUT2D eigenvalue weighted by Gasteiger charge is -2.37. The first kappa shape index (κ1) is 16.3. The van der Waals surface area contributed by atoms with Crippen molar-refractivity contribution in [1.82, 2.24) is 15.1 Å². The molecule has 2 aliphatic heterocycles. The van der Waals surface area contributed by atoms with Crippen molar-refractivity contribution in [1.29, 1.82) is 0 Å². The van der Waals surface area contributed by atoms with Crippen LogP contribution < -0.4 is 5.32 Å². The lowest BCUT2D eigenvalue weighted by atomic mass is 9.90. The van der Waals surface area contributed by atoms with E-state index in [9.17, 15) is 9.59 Å². The number of carbonyl (C=O) groups excluding carboxylic acids is 2. The second kappa shape index (κ2) is 6.77. The summed E-state index contributed by atoms with van der Waals surface area (Å²) < 4.78 is 0. The SMILES string of the molecule is CCC1(CC)NC(=O)CCN(CC2CCN(C)CC2)C1=O. The number of piperidine rings is 1. The van der Waals surface area contributed by atoms with Crippen molar-refractivity contribution in [3.05, 3.63) is 0 Å². The summed E-state index contributed by atoms with van der Waals surface area (Å²) in [5.74, 6) is 0.708. The van der Waals surface area contributed by atoms with Gasteiger partial charge in [0.1, 0.15) is 5.54 Å². The molecule has 0 radical (unpaired) electrons. The monoisotopic (exact) mass is 295 g/mol. The van der Waals surface area contributed by atoms with Gasteiger partial charge in [-0.3, -0.25) is 9.59 Å². The molecule has 2 aliphatic rings. The molecular weight excluding hydrogens is 266 g/mol. The Bertz CT molecular complexity index is 385. The van der Waals surface area contributed by atoms with Crippen molar-refractivity contribution in [2.24, 2.45) is 5.92 Å². The first-order chi connectivity index (χ1) is 10.0. The molecule has 5 nitrogen and oxygen atoms in total. The summed E-state index contributed by atoms with van der Waals surface area (Å²) in [5.41, 5.74) is -0.682. The summed E-state index contributed by atoms with van der Waals surface area (Å²) in [6.07, 6.45) is 4.05. The molecule has 0 aromatic rings. The van der Waals surface area contributed by atoms with E-state index in [0.717, 1.165) is 32.5 Å². The van der Waals surface area contributed by atoms with Gasteiger partial charge in [0.05, 0.1) is 0 Å². The Morgan fingerprint density at radius 1 is 1.14 bits per heavy atom. The average molecular weight is 295 g/mol. The van der Waals surface area contributed by atoms with Crippen LogP contribution in [0.25, 0.3) is 0 Å². The predicted molar refractivity (Wildman–Crippen MR) is 82.9 cm³/mol. The van der Waals surface area contributed by atoms with Crippen molar-refractivity contribution >= 4 is 11.8 Å². The lowest BCUT2D eigenvalue weighted by Crippen LogP contribution is -2.57. The topological polar surface area (TPSA) is 52.7 Å². The van der Waals surface area contributed by atoms with E-state index in [1.165, 1.54) is 0 Å². The normalized spacial score (nSPS) is 24.8. The molecule has 1 N–H and O–H groups in total. The molecule has 2 amide bonds. The van der Waals surface area contributed by atoms with Gasteiger partial charge >= 0.3 is 0 Å². The minimum Gasteiger partial charge on any atom is -0.342 e. The molecule has 2 saturated heterocycles. The van der Waals surface area contributed by atoms with Crippen molar-refractivity contribution in [2.45, 2.75) is 51.5 Å². The summed E-state index contributed by atoms with van der Waals surface area (Å²) >= 11 is 0. The summed E-state index contributed by atoms with van der Waals surface area (Å²) in [5, 5.41) is 2.98. The van der Waals surface area contributed by atoms with Crippen molar-refractivity contribution in [3.8, 4) is 0 Å². The second-order valence-corrected chi connectivity index (χ2v) is 6.59. The fraction of sp³-hybridized carbons (Fsp3) is 0.875. The highest BCUT2D eigenvalue weighted by molar-refractivity contribution is 5.93. The van der Waals surface area contributed by atoms with E-state index in [1.54, 1.807) is 0 Å². The number of hydrogen-bond donors (Lipinski definition) is 1. The number of amides is 2. The third-order valence-corrected chi connectivity index (χ3v) is 5.21. The molecule has 0 bridgehead atoms. The van der Waals surface area contributed by atoms with Crippen molar-refractivity contribution in [3.63, 3.8) is 0 Å². The van der Waals surface area contributed by atoms with E-state index in [-0.39, 0.29) is 11.8 Å². The molecule has 2 rings (SSSR count). The molecule has 0 aromatic carbocycles. The molecule has 0 atom stereocenters. The molecule has 0 aromatic heterocycles. The number of nitrogens with zero attached hydrogens (tertiary/aromatic N) is 2. The zero-order chi connectivity index (χ0) is 15.5. The Labute approximate surface area is 128 Å². The van der Waals surface area contributed by atoms with Gasteiger partial charge in [-0.2, -0.15) is 0 Å². The van der Waals surface area contributed by atoms with Gasteiger partial charge in [-0.05, 0) is 51.7 Å². The minimum atomic E-state index is -0.682. The molecule has 2 heterocycles. The Morgan fingerprint density at radius 3 is 2.33 bits per heavy atom. The highest BCUT2D eigenvalue weighted by Gasteiger charge is 2.42. The van der Waals surface area contributed by atoms with E-state index >= 15 is 0 Å². The van der Waals surface area contributed by atoms with Crippen LogP contribution in [0.3, 0.4) is 0 Å². The quantitative estimate of drug-likeness (QED) is 0.849. The Hall–Kier alpha value is -1.10. The van der Waals surface area contributed by atoms with Crippen LogP contribution in [0.4, 0.5) is 0 Å². The highest BCUT2D eigenvalue weighted by atomic mass is 16.2. The van der Waals surface area contributed by atoms with Crippen molar-refractivity contribution in [2.75, 3.05) is 33.2 Å². The number of rotatable bonds is 4. The van der Waals surface area contributed by atoms with Crippen LogP contribution >= 0.6 is 0 Å². The molecule has 0 aliphatic carbocycles. The third-order valence-electron chi connectivity index (χ3n) is 5.21. The molecule has 0 saturated carbocycles. The van der Waals surface area contributed by atoms with Crippen LogP contribution in [-0.2, 0) is 9.59 Å². The van der Waals surface area contributed by atoms with E-state index in [4.69, 9.17) is 0 Å². The Balaban J connectivity index is 2.07. The van der Waals surface area contributed by atoms with Gasteiger partial charge in [0.15, 0.2) is 0 Å². The standard InChI is InChI=1S/C16H29N3O2/c1-4-16(5-2)15(21)19(11-8-14(20)17-16)12-13-6-9-18(3)10-7-13/h13H,4-12H2,1-3H3,(H,17,20). The predicted octanol–water partition coefficient (Wildman–Crippen LogP) is 1.24. The van der Waals surface area contributed by atoms with Gasteiger partial charge in [0.25, 0.3) is 0 Å². The van der Waals surface area contributed by atoms with Gasteiger partial charge in [-0.25, -0.2) is 0 Å². The van der Waals surface area contributed by atoms with E-state index in [1.807, 2.05) is 18.7 Å². The maximum Gasteiger partial charge on any atom is 0.248 e. The van der Waals surface area contributed by atoms with Crippen molar-refractivity contribution < 1.29 is 9.59 Å². The Kier molecular flexibility index (Phi) is 5.25. The first-order valence-electron chi connectivity index (χ1n) is 8.29. The largest absolute Gasteiger partial charge is 0.342 e. The number of carbonyl (C=O) groups is 2. The molecule has 0 unspecified atom stereocenters. The van der Waals surface area contributed by atoms with Crippen LogP contribution in [0.5, 0.6) is 0 Å². The number of likely N-dealkylation sites (tertiary alicyclic amines) is 1. The van der Waals surface area contributed by atoms with Gasteiger partial charge in [-0.15, -0.1) is 0 Å². The van der Waals surface area contributed by atoms with Gasteiger partial charge in [0, 0.05) is 19.5 Å². The Morgan fingerprint density at radius 2 is 1.76 bits per heavy atom. The van der Waals surface area contributed by atoms with Crippen LogP contribution in [0.15, 0.2) is 0 Å². The highest BCUT2D eigenvalue weighted by Crippen LogP contribution is 2.25. The van der Waals surface area contributed by atoms with Crippen LogP contribution in [0, 0.1) is 5.92 Å². The minimum absolute atomic E-state index is 0.0120. The number of nitrogens with one attached hydrogen (secondary N) is 1. The summed E-state index contributed by atoms with van der Waals surface area (Å²) in [6.45, 7) is 7.57. The third kappa shape index (κ3) is 3.57. The lowest BCUT2D eigenvalue weighted by molar-refractivity contribution is -0.140. The molecule has 0 spiro atoms. The fourth-order valence-corrected chi connectivity index (χ4v) is 3.48. The second-order valence-electron chi connectivity index (χ2n) is 6.59. The fourth-order valence-electron chi connectivity index (χ4n) is 3.48. The van der Waals surface area contributed by atoms with Crippen LogP contribution in [0.1, 0.15) is 46.0 Å². The van der Waals surface area contributed by atoms with Gasteiger partial charge < -0.3 is 15.1 Å². The smallest absolute Gasteiger partial charge is 0.248 e. The summed E-state index contributed by atoms with van der Waals surface area (Å²) in [4.78, 5) is 29.1. The maximum atomic E-state index is 12.9.